The zero-order valence-corrected chi connectivity index (χ0v) is 17.6. The van der Waals surface area contributed by atoms with Gasteiger partial charge in [-0.3, -0.25) is 9.69 Å². The molecule has 1 aliphatic rings. The van der Waals surface area contributed by atoms with E-state index in [1.807, 2.05) is 43.3 Å². The van der Waals surface area contributed by atoms with E-state index in [-0.39, 0.29) is 11.2 Å². The van der Waals surface area contributed by atoms with Gasteiger partial charge in [0, 0.05) is 0 Å². The Kier molecular flexibility index (Phi) is 6.77. The van der Waals surface area contributed by atoms with Crippen molar-refractivity contribution in [2.45, 2.75) is 18.7 Å². The number of amides is 1. The number of amidine groups is 1. The standard InChI is InChI=1S/C21H23N3O4S/c1-14-20(25)24(13-15-5-8-17(26-2)9-6-15)21(29-14)23-22-12-16-7-10-18(27-3)19(11-16)28-4/h5-12,14H,13H2,1-4H3. The first-order chi connectivity index (χ1) is 14.0. The highest BCUT2D eigenvalue weighted by atomic mass is 32.2. The molecule has 8 heteroatoms. The third-order valence-corrected chi connectivity index (χ3v) is 5.45. The highest BCUT2D eigenvalue weighted by Crippen LogP contribution is 2.29. The molecule has 0 spiro atoms. The lowest BCUT2D eigenvalue weighted by atomic mass is 10.2. The number of carbonyl (C=O) groups excluding carboxylic acids is 1. The number of benzene rings is 2. The summed E-state index contributed by atoms with van der Waals surface area (Å²) in [7, 11) is 4.79. The quantitative estimate of drug-likeness (QED) is 0.513. The SMILES string of the molecule is COc1ccc(CN2C(=O)C(C)SC2=NN=Cc2ccc(OC)c(OC)c2)cc1. The third-order valence-electron chi connectivity index (χ3n) is 4.38. The van der Waals surface area contributed by atoms with Crippen LogP contribution < -0.4 is 14.2 Å². The summed E-state index contributed by atoms with van der Waals surface area (Å²) >= 11 is 1.40. The number of methoxy groups -OCH3 is 3. The summed E-state index contributed by atoms with van der Waals surface area (Å²) in [4.78, 5) is 14.2. The highest BCUT2D eigenvalue weighted by molar-refractivity contribution is 8.15. The molecule has 0 aliphatic carbocycles. The van der Waals surface area contributed by atoms with Crippen LogP contribution in [0.4, 0.5) is 0 Å². The Hall–Kier alpha value is -3.00. The molecule has 2 aromatic carbocycles. The first-order valence-electron chi connectivity index (χ1n) is 8.99. The zero-order valence-electron chi connectivity index (χ0n) is 16.8. The fourth-order valence-electron chi connectivity index (χ4n) is 2.80. The maximum Gasteiger partial charge on any atom is 0.242 e. The van der Waals surface area contributed by atoms with Gasteiger partial charge < -0.3 is 14.2 Å². The Bertz CT molecular complexity index is 928. The maximum atomic E-state index is 12.5. The van der Waals surface area contributed by atoms with E-state index in [0.717, 1.165) is 16.9 Å². The average molecular weight is 413 g/mol. The predicted molar refractivity (Wildman–Crippen MR) is 115 cm³/mol. The summed E-state index contributed by atoms with van der Waals surface area (Å²) in [5.41, 5.74) is 1.81. The van der Waals surface area contributed by atoms with Gasteiger partial charge >= 0.3 is 0 Å². The van der Waals surface area contributed by atoms with Crippen molar-refractivity contribution in [3.8, 4) is 17.2 Å². The van der Waals surface area contributed by atoms with E-state index in [1.54, 1.807) is 38.5 Å². The molecule has 1 amide bonds. The van der Waals surface area contributed by atoms with Crippen molar-refractivity contribution in [2.24, 2.45) is 10.2 Å². The topological polar surface area (TPSA) is 72.7 Å². The van der Waals surface area contributed by atoms with E-state index in [1.165, 1.54) is 11.8 Å². The summed E-state index contributed by atoms with van der Waals surface area (Å²) in [6.45, 7) is 2.31. The van der Waals surface area contributed by atoms with E-state index >= 15 is 0 Å². The lowest BCUT2D eigenvalue weighted by molar-refractivity contribution is -0.126. The normalized spacial score (nSPS) is 17.9. The van der Waals surface area contributed by atoms with Gasteiger partial charge in [0.25, 0.3) is 0 Å². The number of thioether (sulfide) groups is 1. The summed E-state index contributed by atoms with van der Waals surface area (Å²) in [6, 6.07) is 13.1. The van der Waals surface area contributed by atoms with Crippen LogP contribution in [0.25, 0.3) is 0 Å². The predicted octanol–water partition coefficient (Wildman–Crippen LogP) is 3.57. The maximum absolute atomic E-state index is 12.5. The van der Waals surface area contributed by atoms with Gasteiger partial charge in [0.05, 0.1) is 39.3 Å². The van der Waals surface area contributed by atoms with E-state index in [4.69, 9.17) is 14.2 Å². The highest BCUT2D eigenvalue weighted by Gasteiger charge is 2.35. The molecule has 0 saturated carbocycles. The molecular formula is C21H23N3O4S. The van der Waals surface area contributed by atoms with Crippen LogP contribution in [0, 0.1) is 0 Å². The molecule has 7 nitrogen and oxygen atoms in total. The average Bonchev–Trinajstić information content (AvgIpc) is 3.01. The van der Waals surface area contributed by atoms with Gasteiger partial charge in [-0.2, -0.15) is 5.10 Å². The van der Waals surface area contributed by atoms with Gasteiger partial charge in [-0.25, -0.2) is 0 Å². The molecule has 3 rings (SSSR count). The van der Waals surface area contributed by atoms with Crippen LogP contribution in [0.2, 0.25) is 0 Å². The summed E-state index contributed by atoms with van der Waals surface area (Å²) in [6.07, 6.45) is 1.62. The molecule has 0 radical (unpaired) electrons. The van der Waals surface area contributed by atoms with Crippen molar-refractivity contribution in [3.05, 3.63) is 53.6 Å². The second-order valence-corrected chi connectivity index (χ2v) is 7.58. The Labute approximate surface area is 174 Å². The van der Waals surface area contributed by atoms with Gasteiger partial charge in [0.2, 0.25) is 5.91 Å². The monoisotopic (exact) mass is 413 g/mol. The molecule has 0 bridgehead atoms. The molecule has 1 heterocycles. The number of ether oxygens (including phenoxy) is 3. The summed E-state index contributed by atoms with van der Waals surface area (Å²) in [5.74, 6) is 2.06. The van der Waals surface area contributed by atoms with E-state index in [9.17, 15) is 4.79 Å². The van der Waals surface area contributed by atoms with Crippen LogP contribution in [0.3, 0.4) is 0 Å². The van der Waals surface area contributed by atoms with E-state index in [0.29, 0.717) is 23.2 Å². The van der Waals surface area contributed by atoms with Crippen LogP contribution in [0.15, 0.2) is 52.7 Å². The molecule has 0 aromatic heterocycles. The molecule has 0 N–H and O–H groups in total. The number of rotatable bonds is 7. The van der Waals surface area contributed by atoms with Crippen molar-refractivity contribution >= 4 is 29.1 Å². The molecule has 1 saturated heterocycles. The van der Waals surface area contributed by atoms with E-state index in [2.05, 4.69) is 10.2 Å². The van der Waals surface area contributed by atoms with Gasteiger partial charge in [0.15, 0.2) is 16.7 Å². The van der Waals surface area contributed by atoms with Crippen molar-refractivity contribution in [1.29, 1.82) is 0 Å². The minimum atomic E-state index is -0.191. The minimum absolute atomic E-state index is 0.0193. The largest absolute Gasteiger partial charge is 0.497 e. The Balaban J connectivity index is 1.77. The van der Waals surface area contributed by atoms with Crippen LogP contribution >= 0.6 is 11.8 Å². The fourth-order valence-corrected chi connectivity index (χ4v) is 3.72. The summed E-state index contributed by atoms with van der Waals surface area (Å²) in [5, 5.41) is 8.85. The Morgan fingerprint density at radius 3 is 2.41 bits per heavy atom. The van der Waals surface area contributed by atoms with Crippen molar-refractivity contribution in [2.75, 3.05) is 21.3 Å². The van der Waals surface area contributed by atoms with Crippen molar-refractivity contribution in [1.82, 2.24) is 4.90 Å². The molecular weight excluding hydrogens is 390 g/mol. The molecule has 29 heavy (non-hydrogen) atoms. The second-order valence-electron chi connectivity index (χ2n) is 6.27. The van der Waals surface area contributed by atoms with E-state index < -0.39 is 0 Å². The van der Waals surface area contributed by atoms with Gasteiger partial charge in [-0.15, -0.1) is 5.10 Å². The lowest BCUT2D eigenvalue weighted by Gasteiger charge is -2.15. The van der Waals surface area contributed by atoms with Gasteiger partial charge in [-0.1, -0.05) is 23.9 Å². The van der Waals surface area contributed by atoms with Crippen LogP contribution in [-0.2, 0) is 11.3 Å². The molecule has 152 valence electrons. The number of carbonyl (C=O) groups is 1. The second kappa shape index (κ2) is 9.47. The molecule has 2 aromatic rings. The van der Waals surface area contributed by atoms with Crippen molar-refractivity contribution < 1.29 is 19.0 Å². The van der Waals surface area contributed by atoms with Crippen LogP contribution in [0.5, 0.6) is 17.2 Å². The summed E-state index contributed by atoms with van der Waals surface area (Å²) < 4.78 is 15.7. The number of hydrogen-bond acceptors (Lipinski definition) is 7. The Morgan fingerprint density at radius 2 is 1.76 bits per heavy atom. The number of hydrogen-bond donors (Lipinski definition) is 0. The molecule has 1 unspecified atom stereocenters. The fraction of sp³-hybridized carbons (Fsp3) is 0.286. The zero-order chi connectivity index (χ0) is 20.8. The lowest BCUT2D eigenvalue weighted by Crippen LogP contribution is -2.30. The molecule has 1 aliphatic heterocycles. The minimum Gasteiger partial charge on any atom is -0.497 e. The molecule has 1 atom stereocenters. The number of nitrogens with zero attached hydrogens (tertiary/aromatic N) is 3. The third kappa shape index (κ3) is 4.89. The van der Waals surface area contributed by atoms with Gasteiger partial charge in [0.1, 0.15) is 5.75 Å². The van der Waals surface area contributed by atoms with Crippen molar-refractivity contribution in [3.63, 3.8) is 0 Å². The van der Waals surface area contributed by atoms with Crippen LogP contribution in [0.1, 0.15) is 18.1 Å². The van der Waals surface area contributed by atoms with Gasteiger partial charge in [-0.05, 0) is 48.4 Å². The van der Waals surface area contributed by atoms with Crippen LogP contribution in [-0.4, -0.2) is 48.8 Å². The first kappa shape index (κ1) is 20.7. The smallest absolute Gasteiger partial charge is 0.242 e. The molecule has 1 fully saturated rings. The first-order valence-corrected chi connectivity index (χ1v) is 9.87. The Morgan fingerprint density at radius 1 is 1.03 bits per heavy atom.